The standard InChI is InChI=1S/C11H19N3/c1-11(2,12-3)10-13-7-9(14-10)8-5-4-6-8/h7-8,12H,4-6H2,1-3H3,(H,13,14). The number of imidazole rings is 1. The van der Waals surface area contributed by atoms with E-state index in [4.69, 9.17) is 0 Å². The first kappa shape index (κ1) is 9.71. The van der Waals surface area contributed by atoms with Crippen LogP contribution in [0.2, 0.25) is 0 Å². The molecule has 14 heavy (non-hydrogen) atoms. The highest BCUT2D eigenvalue weighted by Crippen LogP contribution is 2.35. The Kier molecular flexibility index (Phi) is 2.35. The van der Waals surface area contributed by atoms with E-state index in [1.165, 1.54) is 25.0 Å². The topological polar surface area (TPSA) is 40.7 Å². The number of hydrogen-bond acceptors (Lipinski definition) is 2. The Labute approximate surface area is 85.3 Å². The van der Waals surface area contributed by atoms with Crippen LogP contribution in [0, 0.1) is 0 Å². The fourth-order valence-electron chi connectivity index (χ4n) is 1.70. The van der Waals surface area contributed by atoms with Gasteiger partial charge in [-0.3, -0.25) is 0 Å². The van der Waals surface area contributed by atoms with Crippen molar-refractivity contribution in [1.82, 2.24) is 15.3 Å². The maximum absolute atomic E-state index is 4.44. The summed E-state index contributed by atoms with van der Waals surface area (Å²) in [5, 5.41) is 3.25. The predicted octanol–water partition coefficient (Wildman–Crippen LogP) is 2.13. The first-order chi connectivity index (χ1) is 6.63. The van der Waals surface area contributed by atoms with Gasteiger partial charge in [0.15, 0.2) is 0 Å². The normalized spacial score (nSPS) is 18.2. The molecule has 0 unspecified atom stereocenters. The second-order valence-electron chi connectivity index (χ2n) is 4.69. The highest BCUT2D eigenvalue weighted by atomic mass is 15.0. The van der Waals surface area contributed by atoms with Crippen molar-refractivity contribution in [2.45, 2.75) is 44.6 Å². The Bertz CT molecular complexity index is 310. The first-order valence-corrected chi connectivity index (χ1v) is 5.38. The molecule has 0 spiro atoms. The van der Waals surface area contributed by atoms with Gasteiger partial charge in [0.2, 0.25) is 0 Å². The van der Waals surface area contributed by atoms with Gasteiger partial charge in [0.1, 0.15) is 5.82 Å². The minimum Gasteiger partial charge on any atom is -0.344 e. The molecule has 1 saturated carbocycles. The van der Waals surface area contributed by atoms with Crippen LogP contribution in [0.5, 0.6) is 0 Å². The largest absolute Gasteiger partial charge is 0.344 e. The number of H-pyrrole nitrogens is 1. The Morgan fingerprint density at radius 1 is 1.50 bits per heavy atom. The molecule has 3 nitrogen and oxygen atoms in total. The van der Waals surface area contributed by atoms with Crippen LogP contribution in [0.3, 0.4) is 0 Å². The third-order valence-corrected chi connectivity index (χ3v) is 3.36. The van der Waals surface area contributed by atoms with Crippen LogP contribution in [0.15, 0.2) is 6.20 Å². The molecule has 1 aliphatic rings. The summed E-state index contributed by atoms with van der Waals surface area (Å²) in [4.78, 5) is 7.88. The molecule has 1 heterocycles. The lowest BCUT2D eigenvalue weighted by Gasteiger charge is -2.25. The molecule has 0 saturated heterocycles. The lowest BCUT2D eigenvalue weighted by Crippen LogP contribution is -2.34. The summed E-state index contributed by atoms with van der Waals surface area (Å²) in [6.07, 6.45) is 6.01. The Hall–Kier alpha value is -0.830. The molecule has 1 aromatic heterocycles. The Morgan fingerprint density at radius 2 is 2.21 bits per heavy atom. The third kappa shape index (κ3) is 1.57. The average molecular weight is 193 g/mol. The maximum atomic E-state index is 4.44. The zero-order valence-electron chi connectivity index (χ0n) is 9.22. The van der Waals surface area contributed by atoms with Crippen LogP contribution in [-0.4, -0.2) is 17.0 Å². The van der Waals surface area contributed by atoms with Gasteiger partial charge in [0, 0.05) is 17.8 Å². The van der Waals surface area contributed by atoms with E-state index in [2.05, 4.69) is 29.1 Å². The summed E-state index contributed by atoms with van der Waals surface area (Å²) >= 11 is 0. The van der Waals surface area contributed by atoms with Crippen molar-refractivity contribution in [3.8, 4) is 0 Å². The monoisotopic (exact) mass is 193 g/mol. The van der Waals surface area contributed by atoms with Crippen LogP contribution in [-0.2, 0) is 5.54 Å². The molecule has 0 bridgehead atoms. The molecular formula is C11H19N3. The quantitative estimate of drug-likeness (QED) is 0.772. The summed E-state index contributed by atoms with van der Waals surface area (Å²) in [7, 11) is 1.96. The summed E-state index contributed by atoms with van der Waals surface area (Å²) in [6, 6.07) is 0. The van der Waals surface area contributed by atoms with E-state index < -0.39 is 0 Å². The Morgan fingerprint density at radius 3 is 2.71 bits per heavy atom. The molecule has 1 fully saturated rings. The molecule has 0 atom stereocenters. The van der Waals surface area contributed by atoms with Gasteiger partial charge in [-0.15, -0.1) is 0 Å². The third-order valence-electron chi connectivity index (χ3n) is 3.36. The highest BCUT2D eigenvalue weighted by molar-refractivity contribution is 5.14. The Balaban J connectivity index is 2.16. The van der Waals surface area contributed by atoms with Gasteiger partial charge in [-0.05, 0) is 33.7 Å². The van der Waals surface area contributed by atoms with Crippen LogP contribution in [0.25, 0.3) is 0 Å². The summed E-state index contributed by atoms with van der Waals surface area (Å²) in [5.74, 6) is 1.78. The second kappa shape index (κ2) is 3.39. The molecule has 2 N–H and O–H groups in total. The smallest absolute Gasteiger partial charge is 0.126 e. The zero-order valence-corrected chi connectivity index (χ0v) is 9.22. The maximum Gasteiger partial charge on any atom is 0.126 e. The van der Waals surface area contributed by atoms with Crippen LogP contribution >= 0.6 is 0 Å². The summed E-state index contributed by atoms with van der Waals surface area (Å²) in [5.41, 5.74) is 1.26. The van der Waals surface area contributed by atoms with Crippen LogP contribution < -0.4 is 5.32 Å². The average Bonchev–Trinajstić information content (AvgIpc) is 2.51. The SMILES string of the molecule is CNC(C)(C)c1ncc(C2CCC2)[nH]1. The predicted molar refractivity (Wildman–Crippen MR) is 57.3 cm³/mol. The van der Waals surface area contributed by atoms with Gasteiger partial charge in [-0.1, -0.05) is 6.42 Å². The van der Waals surface area contributed by atoms with E-state index in [1.807, 2.05) is 13.2 Å². The van der Waals surface area contributed by atoms with Gasteiger partial charge < -0.3 is 10.3 Å². The molecule has 3 heteroatoms. The van der Waals surface area contributed by atoms with Crippen molar-refractivity contribution >= 4 is 0 Å². The lowest BCUT2D eigenvalue weighted by atomic mass is 9.83. The van der Waals surface area contributed by atoms with Gasteiger partial charge in [-0.25, -0.2) is 4.98 Å². The van der Waals surface area contributed by atoms with E-state index in [0.717, 1.165) is 11.7 Å². The van der Waals surface area contributed by atoms with E-state index in [9.17, 15) is 0 Å². The second-order valence-corrected chi connectivity index (χ2v) is 4.69. The van der Waals surface area contributed by atoms with Crippen molar-refractivity contribution < 1.29 is 0 Å². The molecule has 1 aliphatic carbocycles. The number of nitrogens with one attached hydrogen (secondary N) is 2. The molecule has 0 aliphatic heterocycles. The van der Waals surface area contributed by atoms with E-state index in [1.54, 1.807) is 0 Å². The highest BCUT2D eigenvalue weighted by Gasteiger charge is 2.25. The molecule has 0 aromatic carbocycles. The van der Waals surface area contributed by atoms with Crippen molar-refractivity contribution in [3.05, 3.63) is 17.7 Å². The molecule has 1 aromatic rings. The van der Waals surface area contributed by atoms with E-state index in [0.29, 0.717) is 0 Å². The van der Waals surface area contributed by atoms with Crippen LogP contribution in [0.4, 0.5) is 0 Å². The van der Waals surface area contributed by atoms with E-state index in [-0.39, 0.29) is 5.54 Å². The molecule has 78 valence electrons. The van der Waals surface area contributed by atoms with Crippen LogP contribution in [0.1, 0.15) is 50.5 Å². The number of hydrogen-bond donors (Lipinski definition) is 2. The molecule has 0 amide bonds. The fraction of sp³-hybridized carbons (Fsp3) is 0.727. The number of rotatable bonds is 3. The number of aromatic nitrogens is 2. The molecular weight excluding hydrogens is 174 g/mol. The van der Waals surface area contributed by atoms with Crippen molar-refractivity contribution in [2.75, 3.05) is 7.05 Å². The number of aromatic amines is 1. The van der Waals surface area contributed by atoms with Crippen molar-refractivity contribution in [2.24, 2.45) is 0 Å². The minimum atomic E-state index is -0.0536. The summed E-state index contributed by atoms with van der Waals surface area (Å²) < 4.78 is 0. The minimum absolute atomic E-state index is 0.0536. The molecule has 2 rings (SSSR count). The zero-order chi connectivity index (χ0) is 10.2. The van der Waals surface area contributed by atoms with E-state index >= 15 is 0 Å². The fourth-order valence-corrected chi connectivity index (χ4v) is 1.70. The van der Waals surface area contributed by atoms with Crippen molar-refractivity contribution in [1.29, 1.82) is 0 Å². The van der Waals surface area contributed by atoms with Gasteiger partial charge in [0.05, 0.1) is 5.54 Å². The molecule has 0 radical (unpaired) electrons. The lowest BCUT2D eigenvalue weighted by molar-refractivity contribution is 0.400. The van der Waals surface area contributed by atoms with Gasteiger partial charge in [-0.2, -0.15) is 0 Å². The summed E-state index contributed by atoms with van der Waals surface area (Å²) in [6.45, 7) is 4.27. The van der Waals surface area contributed by atoms with Gasteiger partial charge in [0.25, 0.3) is 0 Å². The first-order valence-electron chi connectivity index (χ1n) is 5.38. The number of nitrogens with zero attached hydrogens (tertiary/aromatic N) is 1. The van der Waals surface area contributed by atoms with Gasteiger partial charge >= 0.3 is 0 Å². The van der Waals surface area contributed by atoms with Crippen molar-refractivity contribution in [3.63, 3.8) is 0 Å².